The van der Waals surface area contributed by atoms with Crippen molar-refractivity contribution in [1.82, 2.24) is 15.1 Å². The molecule has 0 saturated carbocycles. The van der Waals surface area contributed by atoms with Gasteiger partial charge in [-0.25, -0.2) is 4.79 Å². The van der Waals surface area contributed by atoms with Gasteiger partial charge in [0.2, 0.25) is 6.79 Å². The van der Waals surface area contributed by atoms with Gasteiger partial charge in [-0.3, -0.25) is 24.7 Å². The van der Waals surface area contributed by atoms with Crippen LogP contribution < -0.4 is 33.7 Å². The Morgan fingerprint density at radius 2 is 1.73 bits per heavy atom. The molecule has 0 aliphatic carbocycles. The lowest BCUT2D eigenvalue weighted by Crippen LogP contribution is -2.70. The van der Waals surface area contributed by atoms with Gasteiger partial charge in [0, 0.05) is 53.9 Å². The van der Waals surface area contributed by atoms with Crippen molar-refractivity contribution in [1.29, 1.82) is 0 Å². The molecule has 2 fully saturated rings. The smallest absolute Gasteiger partial charge is 0.331 e. The minimum Gasteiger partial charge on any atom is -0.504 e. The van der Waals surface area contributed by atoms with Crippen LogP contribution in [0.1, 0.15) is 80.7 Å². The molecule has 2 saturated heterocycles. The molecule has 3 N–H and O–H groups in total. The summed E-state index contributed by atoms with van der Waals surface area (Å²) in [6.45, 7) is 5.17. The molecule has 7 aliphatic rings. The lowest BCUT2D eigenvalue weighted by molar-refractivity contribution is -0.186. The van der Waals surface area contributed by atoms with Gasteiger partial charge in [0.1, 0.15) is 18.6 Å². The average Bonchev–Trinajstić information content (AvgIpc) is 3.78. The first-order valence-corrected chi connectivity index (χ1v) is 22.6. The zero-order valence-electron chi connectivity index (χ0n) is 36.5. The predicted molar refractivity (Wildman–Crippen MR) is 233 cm³/mol. The number of ether oxygens (including phenoxy) is 7. The fraction of sp³-hybridized carbons (Fsp3) is 0.438. The number of phenols is 1. The molecule has 336 valence electrons. The van der Waals surface area contributed by atoms with Crippen LogP contribution in [-0.2, 0) is 43.9 Å². The van der Waals surface area contributed by atoms with Gasteiger partial charge in [-0.1, -0.05) is 36.4 Å². The summed E-state index contributed by atoms with van der Waals surface area (Å²) < 4.78 is 42.5. The molecule has 0 radical (unpaired) electrons. The van der Waals surface area contributed by atoms with Crippen LogP contribution in [0.25, 0.3) is 0 Å². The highest BCUT2D eigenvalue weighted by Crippen LogP contribution is 2.64. The Kier molecular flexibility index (Phi) is 10.7. The summed E-state index contributed by atoms with van der Waals surface area (Å²) in [5, 5.41) is 27.7. The van der Waals surface area contributed by atoms with Crippen molar-refractivity contribution in [3.05, 3.63) is 98.6 Å². The van der Waals surface area contributed by atoms with Crippen LogP contribution in [0, 0.1) is 13.8 Å². The van der Waals surface area contributed by atoms with Crippen molar-refractivity contribution in [2.24, 2.45) is 0 Å². The van der Waals surface area contributed by atoms with Gasteiger partial charge in [0.05, 0.1) is 37.6 Å². The predicted octanol–water partition coefficient (Wildman–Crippen LogP) is 5.25. The van der Waals surface area contributed by atoms with Gasteiger partial charge in [0.15, 0.2) is 40.0 Å². The summed E-state index contributed by atoms with van der Waals surface area (Å²) in [5.74, 6) is 0.736. The largest absolute Gasteiger partial charge is 0.504 e. The quantitative estimate of drug-likeness (QED) is 0.162. The van der Waals surface area contributed by atoms with E-state index in [0.717, 1.165) is 22.3 Å². The molecule has 7 aliphatic heterocycles. The number of phenolic OH excluding ortho intramolecular Hbond substituents is 1. The SMILES string of the molecule is COc1cc2c(cc1OC(=O)CCc1ccccc1)CCN[C@]21CS[C@@H]2c3c(OC(C)=O)c(C)c4c(c3[C@H](COC1=O)N1C2C2c3c(cc(C)c(OC)c3O)C[C@@H]([C@@H]1O)N2C)OCO4. The maximum Gasteiger partial charge on any atom is 0.331 e. The number of nitrogens with one attached hydrogen (secondary N) is 1. The van der Waals surface area contributed by atoms with Crippen molar-refractivity contribution in [3.63, 3.8) is 0 Å². The lowest BCUT2D eigenvalue weighted by atomic mass is 9.73. The van der Waals surface area contributed by atoms with Crippen molar-refractivity contribution in [2.45, 2.75) is 87.6 Å². The number of hydrogen-bond acceptors (Lipinski definition) is 16. The maximum atomic E-state index is 15.1. The van der Waals surface area contributed by atoms with E-state index in [2.05, 4.69) is 10.2 Å². The second kappa shape index (κ2) is 16.2. The number of methoxy groups -OCH3 is 2. The molecule has 4 aromatic carbocycles. The van der Waals surface area contributed by atoms with E-state index < -0.39 is 59.1 Å². The highest BCUT2D eigenvalue weighted by atomic mass is 32.2. The van der Waals surface area contributed by atoms with Crippen molar-refractivity contribution in [3.8, 4) is 40.2 Å². The first-order valence-electron chi connectivity index (χ1n) is 21.6. The van der Waals surface area contributed by atoms with Crippen molar-refractivity contribution in [2.75, 3.05) is 47.0 Å². The second-order valence-electron chi connectivity index (χ2n) is 17.4. The molecule has 7 atom stereocenters. The third-order valence-electron chi connectivity index (χ3n) is 13.9. The standard InChI is InChI=1S/C48H51N3O12S/c1-23-16-28-17-30-46(55)51-31-20-59-47(56)48(29-19-32(57-5)33(18-27(29)14-15-49-48)63-34(53)13-12-26-10-8-7-9-11-26)21-64-45(39(51)38(50(30)4)35(28)40(54)41(23)58-6)37-36(31)44-43(60-22-61-44)24(2)42(37)62-25(3)52/h7-11,16,18-19,30-31,38-39,45-46,49,54-55H,12-15,17,20-22H2,1-6H3/t30-,31-,38?,39?,45+,46-,48+/m0/s1. The normalized spacial score (nSPS) is 26.5. The number of hydrogen-bond donors (Lipinski definition) is 3. The molecular formula is C48H51N3O12S. The number of aliphatic hydroxyl groups is 1. The number of aryl methyl sites for hydroxylation is 2. The highest BCUT2D eigenvalue weighted by Gasteiger charge is 2.61. The Morgan fingerprint density at radius 3 is 2.48 bits per heavy atom. The summed E-state index contributed by atoms with van der Waals surface area (Å²) in [5.41, 5.74) is 5.21. The van der Waals surface area contributed by atoms with E-state index in [9.17, 15) is 19.8 Å². The van der Waals surface area contributed by atoms with E-state index in [-0.39, 0.29) is 42.8 Å². The zero-order chi connectivity index (χ0) is 44.8. The van der Waals surface area contributed by atoms with Crippen molar-refractivity contribution >= 4 is 29.7 Å². The second-order valence-corrected chi connectivity index (χ2v) is 18.5. The number of carbonyl (C=O) groups excluding carboxylic acids is 3. The third kappa shape index (κ3) is 6.50. The van der Waals surface area contributed by atoms with E-state index in [0.29, 0.717) is 76.6 Å². The number of esters is 3. The van der Waals surface area contributed by atoms with Gasteiger partial charge in [-0.2, -0.15) is 0 Å². The van der Waals surface area contributed by atoms with Crippen LogP contribution in [0.4, 0.5) is 0 Å². The molecule has 0 amide bonds. The summed E-state index contributed by atoms with van der Waals surface area (Å²) >= 11 is 1.46. The Labute approximate surface area is 374 Å². The molecule has 64 heavy (non-hydrogen) atoms. The average molecular weight is 894 g/mol. The number of piperazine rings is 1. The van der Waals surface area contributed by atoms with Crippen LogP contribution in [0.3, 0.4) is 0 Å². The fourth-order valence-corrected chi connectivity index (χ4v) is 12.8. The Bertz CT molecular complexity index is 2590. The van der Waals surface area contributed by atoms with E-state index in [1.807, 2.05) is 62.2 Å². The molecule has 2 unspecified atom stereocenters. The van der Waals surface area contributed by atoms with Crippen LogP contribution in [0.15, 0.2) is 48.5 Å². The molecule has 1 spiro atoms. The van der Waals surface area contributed by atoms with Crippen LogP contribution in [0.2, 0.25) is 0 Å². The monoisotopic (exact) mass is 893 g/mol. The molecule has 16 heteroatoms. The molecule has 11 rings (SSSR count). The minimum absolute atomic E-state index is 0.0267. The first kappa shape index (κ1) is 42.4. The van der Waals surface area contributed by atoms with Crippen molar-refractivity contribution < 1.29 is 57.8 Å². The summed E-state index contributed by atoms with van der Waals surface area (Å²) in [4.78, 5) is 45.5. The molecule has 7 heterocycles. The molecule has 0 aromatic heterocycles. The molecule has 4 aromatic rings. The number of rotatable bonds is 7. The zero-order valence-corrected chi connectivity index (χ0v) is 37.3. The number of fused-ring (bicyclic) bond motifs is 9. The fourth-order valence-electron chi connectivity index (χ4n) is 11.1. The number of likely N-dealkylation sites (N-methyl/N-ethyl adjacent to an activating group) is 1. The number of carbonyl (C=O) groups is 3. The van der Waals surface area contributed by atoms with Gasteiger partial charge in [0.25, 0.3) is 0 Å². The molecule has 15 nitrogen and oxygen atoms in total. The maximum absolute atomic E-state index is 15.1. The van der Waals surface area contributed by atoms with Gasteiger partial charge in [-0.15, -0.1) is 11.8 Å². The van der Waals surface area contributed by atoms with E-state index in [1.165, 1.54) is 32.9 Å². The first-order chi connectivity index (χ1) is 30.9. The van der Waals surface area contributed by atoms with E-state index in [1.54, 1.807) is 12.1 Å². The molecular weight excluding hydrogens is 843 g/mol. The topological polar surface area (TPSA) is 175 Å². The summed E-state index contributed by atoms with van der Waals surface area (Å²) in [7, 11) is 4.98. The van der Waals surface area contributed by atoms with Gasteiger partial charge < -0.3 is 43.4 Å². The number of nitrogens with zero attached hydrogens (tertiary/aromatic N) is 2. The lowest BCUT2D eigenvalue weighted by Gasteiger charge is -2.62. The van der Waals surface area contributed by atoms with Crippen LogP contribution >= 0.6 is 11.8 Å². The highest BCUT2D eigenvalue weighted by molar-refractivity contribution is 7.99. The summed E-state index contributed by atoms with van der Waals surface area (Å²) in [6, 6.07) is 12.9. The van der Waals surface area contributed by atoms with E-state index >= 15 is 4.79 Å². The van der Waals surface area contributed by atoms with Crippen LogP contribution in [-0.4, -0.2) is 103 Å². The molecule has 4 bridgehead atoms. The number of aliphatic hydroxyl groups excluding tert-OH is 1. The Hall–Kier alpha value is -5.52. The van der Waals surface area contributed by atoms with Gasteiger partial charge >= 0.3 is 17.9 Å². The Balaban J connectivity index is 1.12. The van der Waals surface area contributed by atoms with Gasteiger partial charge in [-0.05, 0) is 80.1 Å². The van der Waals surface area contributed by atoms with E-state index in [4.69, 9.17) is 33.2 Å². The summed E-state index contributed by atoms with van der Waals surface area (Å²) in [6.07, 6.45) is 0.565. The number of benzene rings is 4. The van der Waals surface area contributed by atoms with Crippen LogP contribution in [0.5, 0.6) is 40.2 Å². The third-order valence-corrected chi connectivity index (χ3v) is 15.4. The minimum atomic E-state index is -1.43. The number of thioether (sulfide) groups is 1. The number of aromatic hydroxyl groups is 1. The Morgan fingerprint density at radius 1 is 0.953 bits per heavy atom.